The fraction of sp³-hybridized carbons (Fsp3) is 0.423. The van der Waals surface area contributed by atoms with E-state index in [9.17, 15) is 4.79 Å². The number of hydrogen-bond donors (Lipinski definition) is 1. The number of piperidine rings is 1. The molecule has 6 heteroatoms. The van der Waals surface area contributed by atoms with Crippen LogP contribution in [0.25, 0.3) is 10.9 Å². The van der Waals surface area contributed by atoms with E-state index in [1.165, 1.54) is 16.5 Å². The zero-order valence-electron chi connectivity index (χ0n) is 19.1. The first-order chi connectivity index (χ1) is 15.7. The molecule has 4 rings (SSSR count). The van der Waals surface area contributed by atoms with E-state index in [1.807, 2.05) is 31.7 Å². The van der Waals surface area contributed by atoms with E-state index in [2.05, 4.69) is 29.4 Å². The van der Waals surface area contributed by atoms with Crippen molar-refractivity contribution in [1.29, 1.82) is 0 Å². The lowest BCUT2D eigenvalue weighted by Crippen LogP contribution is -2.37. The van der Waals surface area contributed by atoms with Crippen LogP contribution in [0.5, 0.6) is 17.2 Å². The first-order valence-corrected chi connectivity index (χ1v) is 11.6. The van der Waals surface area contributed by atoms with Gasteiger partial charge in [0.2, 0.25) is 5.75 Å². The second-order valence-electron chi connectivity index (χ2n) is 7.96. The average Bonchev–Trinajstić information content (AvgIpc) is 3.25. The van der Waals surface area contributed by atoms with Crippen molar-refractivity contribution in [2.75, 3.05) is 32.9 Å². The van der Waals surface area contributed by atoms with E-state index in [-0.39, 0.29) is 5.91 Å². The molecule has 3 aromatic rings. The molecule has 170 valence electrons. The minimum absolute atomic E-state index is 0.00679. The number of aromatic amines is 1. The second kappa shape index (κ2) is 9.98. The maximum Gasteiger partial charge on any atom is 0.254 e. The summed E-state index contributed by atoms with van der Waals surface area (Å²) in [6.45, 7) is 8.67. The van der Waals surface area contributed by atoms with Gasteiger partial charge in [-0.1, -0.05) is 18.2 Å². The van der Waals surface area contributed by atoms with E-state index in [4.69, 9.17) is 14.2 Å². The van der Waals surface area contributed by atoms with Gasteiger partial charge >= 0.3 is 0 Å². The van der Waals surface area contributed by atoms with Gasteiger partial charge in [0.15, 0.2) is 11.5 Å². The number of amides is 1. The van der Waals surface area contributed by atoms with Crippen LogP contribution in [0, 0.1) is 0 Å². The molecule has 1 aliphatic rings. The third-order valence-corrected chi connectivity index (χ3v) is 6.00. The molecule has 0 bridgehead atoms. The fourth-order valence-electron chi connectivity index (χ4n) is 4.52. The lowest BCUT2D eigenvalue weighted by Gasteiger charge is -2.32. The molecule has 2 heterocycles. The Bertz CT molecular complexity index is 1040. The van der Waals surface area contributed by atoms with Gasteiger partial charge in [0, 0.05) is 35.8 Å². The number of rotatable bonds is 8. The number of para-hydroxylation sites is 1. The first kappa shape index (κ1) is 22.1. The zero-order chi connectivity index (χ0) is 22.5. The summed E-state index contributed by atoms with van der Waals surface area (Å²) in [5.74, 6) is 2.13. The molecular formula is C26H32N2O4. The predicted molar refractivity (Wildman–Crippen MR) is 126 cm³/mol. The third kappa shape index (κ3) is 4.40. The minimum Gasteiger partial charge on any atom is -0.490 e. The minimum atomic E-state index is 0.00679. The Morgan fingerprint density at radius 2 is 1.59 bits per heavy atom. The molecule has 1 amide bonds. The molecule has 1 N–H and O–H groups in total. The molecule has 0 radical (unpaired) electrons. The standard InChI is InChI=1S/C26H32N2O4/c1-4-30-23-15-19(16-24(31-5-2)25(23)32-6-3)26(29)28-13-11-18(12-14-28)21-17-27-22-10-8-7-9-20(21)22/h7-10,15-18,27H,4-6,11-14H2,1-3H3. The molecule has 1 saturated heterocycles. The summed E-state index contributed by atoms with van der Waals surface area (Å²) >= 11 is 0. The van der Waals surface area contributed by atoms with Crippen LogP contribution >= 0.6 is 0 Å². The number of likely N-dealkylation sites (tertiary alicyclic amines) is 1. The molecule has 1 aromatic heterocycles. The Hall–Kier alpha value is -3.15. The van der Waals surface area contributed by atoms with Crippen LogP contribution in [0.1, 0.15) is 55.5 Å². The highest BCUT2D eigenvalue weighted by Gasteiger charge is 2.27. The van der Waals surface area contributed by atoms with Crippen molar-refractivity contribution < 1.29 is 19.0 Å². The monoisotopic (exact) mass is 436 g/mol. The van der Waals surface area contributed by atoms with Crippen molar-refractivity contribution in [2.45, 2.75) is 39.5 Å². The highest BCUT2D eigenvalue weighted by atomic mass is 16.5. The molecule has 0 spiro atoms. The van der Waals surface area contributed by atoms with E-state index >= 15 is 0 Å². The number of nitrogens with one attached hydrogen (secondary N) is 1. The van der Waals surface area contributed by atoms with E-state index in [1.54, 1.807) is 12.1 Å². The topological polar surface area (TPSA) is 63.8 Å². The van der Waals surface area contributed by atoms with Gasteiger partial charge in [-0.3, -0.25) is 4.79 Å². The Labute approximate surface area is 189 Å². The number of hydrogen-bond acceptors (Lipinski definition) is 4. The van der Waals surface area contributed by atoms with Crippen LogP contribution in [-0.4, -0.2) is 48.7 Å². The molecule has 2 aromatic carbocycles. The molecule has 1 aliphatic heterocycles. The average molecular weight is 437 g/mol. The summed E-state index contributed by atoms with van der Waals surface area (Å²) in [7, 11) is 0. The van der Waals surface area contributed by atoms with Crippen LogP contribution in [0.2, 0.25) is 0 Å². The van der Waals surface area contributed by atoms with Crippen LogP contribution in [0.15, 0.2) is 42.6 Å². The van der Waals surface area contributed by atoms with Gasteiger partial charge in [-0.15, -0.1) is 0 Å². The summed E-state index contributed by atoms with van der Waals surface area (Å²) in [6.07, 6.45) is 4.02. The maximum atomic E-state index is 13.4. The van der Waals surface area contributed by atoms with Crippen molar-refractivity contribution in [3.05, 3.63) is 53.7 Å². The van der Waals surface area contributed by atoms with Crippen molar-refractivity contribution in [3.63, 3.8) is 0 Å². The van der Waals surface area contributed by atoms with Gasteiger partial charge in [0.25, 0.3) is 5.91 Å². The van der Waals surface area contributed by atoms with Crippen molar-refractivity contribution in [2.24, 2.45) is 0 Å². The largest absolute Gasteiger partial charge is 0.490 e. The van der Waals surface area contributed by atoms with E-state index in [0.29, 0.717) is 48.6 Å². The summed E-state index contributed by atoms with van der Waals surface area (Å²) in [5, 5.41) is 1.28. The number of carbonyl (C=O) groups is 1. The molecule has 0 unspecified atom stereocenters. The highest BCUT2D eigenvalue weighted by Crippen LogP contribution is 2.40. The van der Waals surface area contributed by atoms with Crippen LogP contribution < -0.4 is 14.2 Å². The molecule has 6 nitrogen and oxygen atoms in total. The van der Waals surface area contributed by atoms with Gasteiger partial charge < -0.3 is 24.1 Å². The molecule has 0 aliphatic carbocycles. The zero-order valence-corrected chi connectivity index (χ0v) is 19.1. The van der Waals surface area contributed by atoms with Crippen molar-refractivity contribution in [3.8, 4) is 17.2 Å². The Morgan fingerprint density at radius 1 is 0.969 bits per heavy atom. The van der Waals surface area contributed by atoms with Gasteiger partial charge in [-0.2, -0.15) is 0 Å². The van der Waals surface area contributed by atoms with Crippen molar-refractivity contribution in [1.82, 2.24) is 9.88 Å². The quantitative estimate of drug-likeness (QED) is 0.515. The second-order valence-corrected chi connectivity index (χ2v) is 7.96. The van der Waals surface area contributed by atoms with Gasteiger partial charge in [0.05, 0.1) is 19.8 Å². The highest BCUT2D eigenvalue weighted by molar-refractivity contribution is 5.95. The fourth-order valence-corrected chi connectivity index (χ4v) is 4.52. The van der Waals surface area contributed by atoms with Gasteiger partial charge in [0.1, 0.15) is 0 Å². The smallest absolute Gasteiger partial charge is 0.254 e. The number of H-pyrrole nitrogens is 1. The Morgan fingerprint density at radius 3 is 2.22 bits per heavy atom. The van der Waals surface area contributed by atoms with E-state index in [0.717, 1.165) is 25.9 Å². The normalized spacial score (nSPS) is 14.5. The molecular weight excluding hydrogens is 404 g/mol. The number of nitrogens with zero attached hydrogens (tertiary/aromatic N) is 1. The lowest BCUT2D eigenvalue weighted by atomic mass is 9.89. The number of benzene rings is 2. The van der Waals surface area contributed by atoms with Crippen LogP contribution in [0.4, 0.5) is 0 Å². The number of carbonyl (C=O) groups excluding carboxylic acids is 1. The van der Waals surface area contributed by atoms with Crippen molar-refractivity contribution >= 4 is 16.8 Å². The first-order valence-electron chi connectivity index (χ1n) is 11.6. The van der Waals surface area contributed by atoms with Crippen LogP contribution in [0.3, 0.4) is 0 Å². The third-order valence-electron chi connectivity index (χ3n) is 6.00. The number of aromatic nitrogens is 1. The molecule has 1 fully saturated rings. The van der Waals surface area contributed by atoms with E-state index < -0.39 is 0 Å². The number of fused-ring (bicyclic) bond motifs is 1. The molecule has 0 atom stereocenters. The summed E-state index contributed by atoms with van der Waals surface area (Å²) in [5.41, 5.74) is 3.10. The maximum absolute atomic E-state index is 13.4. The number of ether oxygens (including phenoxy) is 3. The Kier molecular flexibility index (Phi) is 6.88. The summed E-state index contributed by atoms with van der Waals surface area (Å²) < 4.78 is 17.3. The lowest BCUT2D eigenvalue weighted by molar-refractivity contribution is 0.0712. The van der Waals surface area contributed by atoms with Gasteiger partial charge in [-0.25, -0.2) is 0 Å². The van der Waals surface area contributed by atoms with Crippen LogP contribution in [-0.2, 0) is 0 Å². The SMILES string of the molecule is CCOc1cc(C(=O)N2CCC(c3c[nH]c4ccccc34)CC2)cc(OCC)c1OCC. The van der Waals surface area contributed by atoms with Gasteiger partial charge in [-0.05, 0) is 63.3 Å². The summed E-state index contributed by atoms with van der Waals surface area (Å²) in [6, 6.07) is 12.0. The summed E-state index contributed by atoms with van der Waals surface area (Å²) in [4.78, 5) is 18.7. The molecule has 32 heavy (non-hydrogen) atoms. The Balaban J connectivity index is 1.52. The molecule has 0 saturated carbocycles. The predicted octanol–water partition coefficient (Wildman–Crippen LogP) is 5.38.